The molecule has 1 aromatic carbocycles. The second-order valence-corrected chi connectivity index (χ2v) is 7.56. The van der Waals surface area contributed by atoms with Crippen LogP contribution in [0.3, 0.4) is 0 Å². The van der Waals surface area contributed by atoms with Gasteiger partial charge < -0.3 is 0 Å². The molecule has 4 unspecified atom stereocenters. The summed E-state index contributed by atoms with van der Waals surface area (Å²) >= 11 is 0. The third-order valence-electron chi connectivity index (χ3n) is 6.26. The minimum absolute atomic E-state index is 0.380. The summed E-state index contributed by atoms with van der Waals surface area (Å²) in [6.45, 7) is 14.3. The summed E-state index contributed by atoms with van der Waals surface area (Å²) in [5.74, 6) is 2.63. The van der Waals surface area contributed by atoms with Gasteiger partial charge in [-0.2, -0.15) is 0 Å². The fourth-order valence-corrected chi connectivity index (χ4v) is 5.19. The van der Waals surface area contributed by atoms with Crippen molar-refractivity contribution in [3.05, 3.63) is 34.9 Å². The lowest BCUT2D eigenvalue weighted by Gasteiger charge is -2.35. The Morgan fingerprint density at radius 2 is 1.90 bits per heavy atom. The smallest absolute Gasteiger partial charge is 0.00417 e. The maximum Gasteiger partial charge on any atom is -0.00417 e. The summed E-state index contributed by atoms with van der Waals surface area (Å²) < 4.78 is 0. The maximum absolute atomic E-state index is 2.54. The lowest BCUT2D eigenvalue weighted by molar-refractivity contribution is 0.246. The topological polar surface area (TPSA) is 0 Å². The van der Waals surface area contributed by atoms with E-state index in [1.807, 2.05) is 0 Å². The van der Waals surface area contributed by atoms with Gasteiger partial charge in [-0.25, -0.2) is 0 Å². The zero-order chi connectivity index (χ0) is 15.6. The monoisotopic (exact) mass is 286 g/mol. The van der Waals surface area contributed by atoms with E-state index in [4.69, 9.17) is 0 Å². The molecule has 0 heterocycles. The van der Waals surface area contributed by atoms with Crippen molar-refractivity contribution in [2.75, 3.05) is 0 Å². The van der Waals surface area contributed by atoms with Crippen molar-refractivity contribution >= 4 is 0 Å². The van der Waals surface area contributed by atoms with Crippen LogP contribution >= 0.6 is 0 Å². The molecule has 1 aromatic rings. The van der Waals surface area contributed by atoms with E-state index in [1.54, 1.807) is 5.56 Å². The Kier molecular flexibility index (Phi) is 5.17. The minimum atomic E-state index is 0.380. The van der Waals surface area contributed by atoms with Crippen LogP contribution in [0.1, 0.15) is 77.0 Å². The van der Waals surface area contributed by atoms with E-state index in [2.05, 4.69) is 59.7 Å². The van der Waals surface area contributed by atoms with Crippen LogP contribution in [0.4, 0.5) is 0 Å². The summed E-state index contributed by atoms with van der Waals surface area (Å²) in [5, 5.41) is 0. The molecule has 0 radical (unpaired) electrons. The molecule has 1 aliphatic carbocycles. The first kappa shape index (κ1) is 16.6. The highest BCUT2D eigenvalue weighted by Crippen LogP contribution is 2.54. The third-order valence-corrected chi connectivity index (χ3v) is 6.26. The van der Waals surface area contributed by atoms with Gasteiger partial charge in [0.1, 0.15) is 0 Å². The molecular weight excluding hydrogens is 252 g/mol. The van der Waals surface area contributed by atoms with Gasteiger partial charge in [-0.05, 0) is 59.6 Å². The molecule has 0 amide bonds. The standard InChI is InChI=1S/C21H34/c1-7-10-19-16(5)14-21(6,20(19)9-3)18-12-11-17(8-2)15(4)13-18/h11-13,16,19-20H,7-10,14H2,1-6H3. The molecule has 4 atom stereocenters. The molecule has 1 fully saturated rings. The largest absolute Gasteiger partial charge is 0.0654 e. The highest BCUT2D eigenvalue weighted by molar-refractivity contribution is 5.36. The van der Waals surface area contributed by atoms with E-state index in [-0.39, 0.29) is 0 Å². The first-order chi connectivity index (χ1) is 9.97. The molecule has 1 aliphatic rings. The minimum Gasteiger partial charge on any atom is -0.0654 e. The normalized spacial score (nSPS) is 32.6. The van der Waals surface area contributed by atoms with Crippen LogP contribution in [-0.4, -0.2) is 0 Å². The molecule has 0 aliphatic heterocycles. The van der Waals surface area contributed by atoms with E-state index >= 15 is 0 Å². The summed E-state index contributed by atoms with van der Waals surface area (Å²) in [7, 11) is 0. The second-order valence-electron chi connectivity index (χ2n) is 7.56. The van der Waals surface area contributed by atoms with Gasteiger partial charge in [0.05, 0.1) is 0 Å². The quantitative estimate of drug-likeness (QED) is 0.596. The number of benzene rings is 1. The lowest BCUT2D eigenvalue weighted by Crippen LogP contribution is -2.29. The van der Waals surface area contributed by atoms with Crippen LogP contribution in [0.25, 0.3) is 0 Å². The Morgan fingerprint density at radius 3 is 2.43 bits per heavy atom. The molecule has 0 heteroatoms. The average Bonchev–Trinajstić information content (AvgIpc) is 2.71. The van der Waals surface area contributed by atoms with E-state index < -0.39 is 0 Å². The van der Waals surface area contributed by atoms with Gasteiger partial charge in [-0.1, -0.05) is 72.1 Å². The molecular formula is C21H34. The first-order valence-corrected chi connectivity index (χ1v) is 9.07. The Morgan fingerprint density at radius 1 is 1.19 bits per heavy atom. The SMILES string of the molecule is CCCC1C(C)CC(C)(c2ccc(CC)c(C)c2)C1CC. The van der Waals surface area contributed by atoms with Gasteiger partial charge in [0.15, 0.2) is 0 Å². The van der Waals surface area contributed by atoms with Gasteiger partial charge in [0, 0.05) is 0 Å². The molecule has 0 N–H and O–H groups in total. The average molecular weight is 287 g/mol. The zero-order valence-corrected chi connectivity index (χ0v) is 15.0. The highest BCUT2D eigenvalue weighted by atomic mass is 14.5. The van der Waals surface area contributed by atoms with Crippen molar-refractivity contribution < 1.29 is 0 Å². The number of aryl methyl sites for hydroxylation is 2. The molecule has 0 aromatic heterocycles. The maximum atomic E-state index is 2.54. The Balaban J connectivity index is 2.38. The van der Waals surface area contributed by atoms with Gasteiger partial charge in [-0.3, -0.25) is 0 Å². The highest BCUT2D eigenvalue weighted by Gasteiger charge is 2.48. The molecule has 0 spiro atoms. The molecule has 1 saturated carbocycles. The summed E-state index contributed by atoms with van der Waals surface area (Å²) in [6.07, 6.45) is 6.56. The third kappa shape index (κ3) is 2.91. The Labute approximate surface area is 132 Å². The second kappa shape index (κ2) is 6.55. The molecule has 0 saturated heterocycles. The van der Waals surface area contributed by atoms with Crippen molar-refractivity contribution in [1.82, 2.24) is 0 Å². The zero-order valence-electron chi connectivity index (χ0n) is 15.0. The van der Waals surface area contributed by atoms with Crippen molar-refractivity contribution in [2.24, 2.45) is 17.8 Å². The van der Waals surface area contributed by atoms with Gasteiger partial charge in [0.2, 0.25) is 0 Å². The van der Waals surface area contributed by atoms with Crippen LogP contribution in [0, 0.1) is 24.7 Å². The van der Waals surface area contributed by atoms with Crippen LogP contribution < -0.4 is 0 Å². The fourth-order valence-electron chi connectivity index (χ4n) is 5.19. The fraction of sp³-hybridized carbons (Fsp3) is 0.714. The summed E-state index contributed by atoms with van der Waals surface area (Å²) in [5.41, 5.74) is 4.96. The van der Waals surface area contributed by atoms with Crippen LogP contribution in [0.15, 0.2) is 18.2 Å². The van der Waals surface area contributed by atoms with Crippen molar-refractivity contribution in [2.45, 2.75) is 79.1 Å². The van der Waals surface area contributed by atoms with Gasteiger partial charge >= 0.3 is 0 Å². The van der Waals surface area contributed by atoms with Crippen LogP contribution in [0.5, 0.6) is 0 Å². The van der Waals surface area contributed by atoms with E-state index in [0.29, 0.717) is 5.41 Å². The lowest BCUT2D eigenvalue weighted by atomic mass is 9.69. The summed E-state index contributed by atoms with van der Waals surface area (Å²) in [4.78, 5) is 0. The van der Waals surface area contributed by atoms with Crippen molar-refractivity contribution in [3.63, 3.8) is 0 Å². The molecule has 2 rings (SSSR count). The van der Waals surface area contributed by atoms with Gasteiger partial charge in [0.25, 0.3) is 0 Å². The van der Waals surface area contributed by atoms with Crippen LogP contribution in [-0.2, 0) is 11.8 Å². The summed E-state index contributed by atoms with van der Waals surface area (Å²) in [6, 6.07) is 7.29. The molecule has 118 valence electrons. The van der Waals surface area contributed by atoms with Crippen LogP contribution in [0.2, 0.25) is 0 Å². The molecule has 0 nitrogen and oxygen atoms in total. The Hall–Kier alpha value is -0.780. The number of hydrogen-bond acceptors (Lipinski definition) is 0. The Bertz CT molecular complexity index is 473. The van der Waals surface area contributed by atoms with Crippen molar-refractivity contribution in [3.8, 4) is 0 Å². The van der Waals surface area contributed by atoms with E-state index in [0.717, 1.165) is 24.2 Å². The molecule has 21 heavy (non-hydrogen) atoms. The first-order valence-electron chi connectivity index (χ1n) is 9.07. The number of rotatable bonds is 5. The predicted molar refractivity (Wildman–Crippen MR) is 93.9 cm³/mol. The van der Waals surface area contributed by atoms with Gasteiger partial charge in [-0.15, -0.1) is 0 Å². The predicted octanol–water partition coefficient (Wildman–Crippen LogP) is 6.30. The number of hydrogen-bond donors (Lipinski definition) is 0. The van der Waals surface area contributed by atoms with Crippen molar-refractivity contribution in [1.29, 1.82) is 0 Å². The molecule has 0 bridgehead atoms. The van der Waals surface area contributed by atoms with E-state index in [9.17, 15) is 0 Å². The van der Waals surface area contributed by atoms with E-state index in [1.165, 1.54) is 36.8 Å².